The number of benzene rings is 2. The fourth-order valence-corrected chi connectivity index (χ4v) is 4.74. The molecule has 0 saturated carbocycles. The molecule has 184 valence electrons. The molecule has 3 N–H and O–H groups in total. The smallest absolute Gasteiger partial charge is 0.252 e. The number of carbonyl (C=O) groups excluding carboxylic acids is 2. The molecule has 1 unspecified atom stereocenters. The van der Waals surface area contributed by atoms with Gasteiger partial charge in [-0.2, -0.15) is 0 Å². The molecule has 3 rings (SSSR count). The average Bonchev–Trinajstić information content (AvgIpc) is 2.78. The molecule has 0 aliphatic carbocycles. The summed E-state index contributed by atoms with van der Waals surface area (Å²) in [6, 6.07) is 10.5. The Morgan fingerprint density at radius 1 is 1.18 bits per heavy atom. The van der Waals surface area contributed by atoms with E-state index in [0.29, 0.717) is 35.8 Å². The molecule has 1 aliphatic rings. The van der Waals surface area contributed by atoms with Gasteiger partial charge in [-0.25, -0.2) is 0 Å². The van der Waals surface area contributed by atoms with Crippen LogP contribution < -0.4 is 10.1 Å². The molecular weight excluding hydrogens is 456 g/mol. The van der Waals surface area contributed by atoms with Gasteiger partial charge in [0, 0.05) is 24.1 Å². The number of halogens is 1. The Morgan fingerprint density at radius 3 is 2.47 bits per heavy atom. The van der Waals surface area contributed by atoms with Crippen molar-refractivity contribution >= 4 is 23.4 Å². The Hall–Kier alpha value is -2.77. The van der Waals surface area contributed by atoms with E-state index in [4.69, 9.17) is 16.3 Å². The number of rotatable bonds is 6. The van der Waals surface area contributed by atoms with Gasteiger partial charge in [0.1, 0.15) is 17.5 Å². The van der Waals surface area contributed by atoms with Crippen molar-refractivity contribution < 1.29 is 24.5 Å². The lowest BCUT2D eigenvalue weighted by Crippen LogP contribution is -2.60. The van der Waals surface area contributed by atoms with Gasteiger partial charge < -0.3 is 25.2 Å². The quantitative estimate of drug-likeness (QED) is 0.571. The third-order valence-corrected chi connectivity index (χ3v) is 7.03. The number of hydrogen-bond donors (Lipinski definition) is 3. The molecule has 0 spiro atoms. The second-order valence-corrected chi connectivity index (χ2v) is 10.3. The lowest BCUT2D eigenvalue weighted by atomic mass is 9.66. The van der Waals surface area contributed by atoms with Crippen molar-refractivity contribution in [2.24, 2.45) is 11.3 Å². The lowest BCUT2D eigenvalue weighted by Gasteiger charge is -2.51. The third-order valence-electron chi connectivity index (χ3n) is 6.72. The molecule has 1 aliphatic heterocycles. The number of hydrogen-bond acceptors (Lipinski definition) is 5. The predicted octanol–water partition coefficient (Wildman–Crippen LogP) is 3.95. The summed E-state index contributed by atoms with van der Waals surface area (Å²) in [5, 5.41) is 24.7. The van der Waals surface area contributed by atoms with E-state index in [-0.39, 0.29) is 23.1 Å². The van der Waals surface area contributed by atoms with Crippen molar-refractivity contribution in [2.75, 3.05) is 20.2 Å². The third kappa shape index (κ3) is 5.00. The number of piperidine rings is 1. The minimum Gasteiger partial charge on any atom is -0.508 e. The van der Waals surface area contributed by atoms with Crippen LogP contribution in [0.5, 0.6) is 11.5 Å². The Bertz CT molecular complexity index is 1070. The Morgan fingerprint density at radius 2 is 1.88 bits per heavy atom. The van der Waals surface area contributed by atoms with Crippen molar-refractivity contribution in [1.29, 1.82) is 0 Å². The Labute approximate surface area is 205 Å². The summed E-state index contributed by atoms with van der Waals surface area (Å²) in [6.07, 6.45) is 0.321. The zero-order valence-corrected chi connectivity index (χ0v) is 21.0. The highest BCUT2D eigenvalue weighted by molar-refractivity contribution is 6.32. The lowest BCUT2D eigenvalue weighted by molar-refractivity contribution is -0.155. The molecule has 1 heterocycles. The fourth-order valence-electron chi connectivity index (χ4n) is 4.54. The molecule has 8 heteroatoms. The van der Waals surface area contributed by atoms with Gasteiger partial charge in [0.15, 0.2) is 0 Å². The summed E-state index contributed by atoms with van der Waals surface area (Å²) in [6.45, 7) is 8.22. The van der Waals surface area contributed by atoms with Crippen LogP contribution in [0.2, 0.25) is 5.02 Å². The topological polar surface area (TPSA) is 99.1 Å². The van der Waals surface area contributed by atoms with E-state index in [1.165, 1.54) is 19.2 Å². The van der Waals surface area contributed by atoms with Crippen molar-refractivity contribution in [3.63, 3.8) is 0 Å². The van der Waals surface area contributed by atoms with Gasteiger partial charge >= 0.3 is 0 Å². The van der Waals surface area contributed by atoms with Crippen molar-refractivity contribution in [2.45, 2.75) is 45.8 Å². The molecule has 0 aromatic heterocycles. The molecular formula is C26H33ClN2O5. The number of nitrogens with zero attached hydrogens (tertiary/aromatic N) is 1. The molecule has 2 atom stereocenters. The molecule has 7 nitrogen and oxygen atoms in total. The molecule has 0 bridgehead atoms. The van der Waals surface area contributed by atoms with Gasteiger partial charge in [-0.1, -0.05) is 51.4 Å². The highest BCUT2D eigenvalue weighted by Crippen LogP contribution is 2.47. The van der Waals surface area contributed by atoms with Crippen LogP contribution in [0, 0.1) is 11.3 Å². The first-order valence-corrected chi connectivity index (χ1v) is 11.7. The summed E-state index contributed by atoms with van der Waals surface area (Å²) in [7, 11) is 1.53. The van der Waals surface area contributed by atoms with Crippen LogP contribution in [-0.2, 0) is 10.4 Å². The van der Waals surface area contributed by atoms with E-state index in [9.17, 15) is 19.8 Å². The van der Waals surface area contributed by atoms with Gasteiger partial charge in [0.25, 0.3) is 5.91 Å². The second kappa shape index (κ2) is 9.84. The number of likely N-dealkylation sites (tertiary alicyclic amines) is 1. The number of ether oxygens (including phenoxy) is 1. The van der Waals surface area contributed by atoms with E-state index < -0.39 is 23.0 Å². The van der Waals surface area contributed by atoms with Crippen LogP contribution in [-0.4, -0.2) is 53.2 Å². The number of aromatic hydroxyl groups is 1. The molecule has 2 aromatic rings. The van der Waals surface area contributed by atoms with Gasteiger partial charge in [0.2, 0.25) is 5.91 Å². The number of aliphatic hydroxyl groups is 1. The molecule has 1 fully saturated rings. The molecule has 2 aromatic carbocycles. The maximum absolute atomic E-state index is 13.5. The summed E-state index contributed by atoms with van der Waals surface area (Å²) in [5.74, 6) is -0.318. The summed E-state index contributed by atoms with van der Waals surface area (Å²) >= 11 is 6.17. The van der Waals surface area contributed by atoms with E-state index in [1.807, 2.05) is 27.7 Å². The summed E-state index contributed by atoms with van der Waals surface area (Å²) in [4.78, 5) is 27.9. The SMILES string of the molecule is COc1cc(C2(O)CCN(C(=O)[C@H](NC(=O)c3cccc(O)c3)C(C)C)CC2(C)C)ccc1Cl. The molecule has 34 heavy (non-hydrogen) atoms. The fraction of sp³-hybridized carbons (Fsp3) is 0.462. The predicted molar refractivity (Wildman–Crippen MR) is 131 cm³/mol. The standard InChI is InChI=1S/C26H33ClN2O5/c1-16(2)22(28-23(31)17-7-6-8-19(30)13-17)24(32)29-12-11-26(33,25(3,4)15-29)18-9-10-20(27)21(14-18)34-5/h6-10,13-14,16,22,30,33H,11-12,15H2,1-5H3,(H,28,31)/t22-,26?/m1/s1. The number of methoxy groups -OCH3 is 1. The normalized spacial score (nSPS) is 20.6. The average molecular weight is 489 g/mol. The molecule has 2 amide bonds. The summed E-state index contributed by atoms with van der Waals surface area (Å²) < 4.78 is 5.32. The minimum atomic E-state index is -1.19. The Balaban J connectivity index is 1.80. The summed E-state index contributed by atoms with van der Waals surface area (Å²) in [5.41, 5.74) is -0.914. The maximum Gasteiger partial charge on any atom is 0.252 e. The highest BCUT2D eigenvalue weighted by Gasteiger charge is 2.50. The highest BCUT2D eigenvalue weighted by atomic mass is 35.5. The van der Waals surface area contributed by atoms with Crippen LogP contribution in [0.25, 0.3) is 0 Å². The van der Waals surface area contributed by atoms with E-state index >= 15 is 0 Å². The van der Waals surface area contributed by atoms with E-state index in [0.717, 1.165) is 0 Å². The zero-order valence-electron chi connectivity index (χ0n) is 20.3. The van der Waals surface area contributed by atoms with Gasteiger partial charge in [-0.15, -0.1) is 0 Å². The molecule has 0 radical (unpaired) electrons. The first-order chi connectivity index (χ1) is 15.9. The van der Waals surface area contributed by atoms with Gasteiger partial charge in [0.05, 0.1) is 17.7 Å². The van der Waals surface area contributed by atoms with Crippen molar-refractivity contribution in [3.8, 4) is 11.5 Å². The number of carbonyl (C=O) groups is 2. The maximum atomic E-state index is 13.5. The van der Waals surface area contributed by atoms with Gasteiger partial charge in [-0.05, 0) is 48.2 Å². The van der Waals surface area contributed by atoms with Crippen molar-refractivity contribution in [3.05, 3.63) is 58.6 Å². The number of nitrogens with one attached hydrogen (secondary N) is 1. The molecule has 1 saturated heterocycles. The second-order valence-electron chi connectivity index (χ2n) is 9.85. The van der Waals surface area contributed by atoms with Crippen LogP contribution in [0.4, 0.5) is 0 Å². The number of amides is 2. The minimum absolute atomic E-state index is 0.0176. The number of phenols is 1. The van der Waals surface area contributed by atoms with Crippen LogP contribution >= 0.6 is 11.6 Å². The van der Waals surface area contributed by atoms with Crippen molar-refractivity contribution in [1.82, 2.24) is 10.2 Å². The van der Waals surface area contributed by atoms with E-state index in [2.05, 4.69) is 5.32 Å². The van der Waals surface area contributed by atoms with Crippen LogP contribution in [0.15, 0.2) is 42.5 Å². The first-order valence-electron chi connectivity index (χ1n) is 11.3. The number of phenolic OH excluding ortho intramolecular Hbond substituents is 1. The van der Waals surface area contributed by atoms with E-state index in [1.54, 1.807) is 35.2 Å². The first kappa shape index (κ1) is 25.8. The van der Waals surface area contributed by atoms with Crippen LogP contribution in [0.1, 0.15) is 50.0 Å². The Kier molecular flexibility index (Phi) is 7.48. The zero-order chi connectivity index (χ0) is 25.3. The largest absolute Gasteiger partial charge is 0.508 e. The van der Waals surface area contributed by atoms with Gasteiger partial charge in [-0.3, -0.25) is 9.59 Å². The monoisotopic (exact) mass is 488 g/mol. The van der Waals surface area contributed by atoms with Crippen LogP contribution in [0.3, 0.4) is 0 Å².